The minimum absolute atomic E-state index is 0.0231. The van der Waals surface area contributed by atoms with E-state index in [4.69, 9.17) is 4.74 Å². The predicted octanol–water partition coefficient (Wildman–Crippen LogP) is 6.24. The monoisotopic (exact) mass is 458 g/mol. The summed E-state index contributed by atoms with van der Waals surface area (Å²) in [6.07, 6.45) is 2.89. The third-order valence-electron chi connectivity index (χ3n) is 7.55. The van der Waals surface area contributed by atoms with Crippen LogP contribution in [0.5, 0.6) is 5.75 Å². The standard InChI is InChI=1S/C27H33F3N2O/c28-27(29,30)21-12-10-20(11-13-21)23-19-32-17-5-8-24(32)22-7-4-9-25(26(22)23)33-18-6-16-31-14-2-1-3-15-31/h4,7,9-13,23-24H,1-3,5-6,8,14-19H2. The minimum atomic E-state index is -4.31. The van der Waals surface area contributed by atoms with Gasteiger partial charge in [0.2, 0.25) is 0 Å². The lowest BCUT2D eigenvalue weighted by molar-refractivity contribution is -0.137. The molecule has 3 nitrogen and oxygen atoms in total. The first-order valence-corrected chi connectivity index (χ1v) is 12.4. The van der Waals surface area contributed by atoms with Crippen molar-refractivity contribution in [2.24, 2.45) is 0 Å². The summed E-state index contributed by atoms with van der Waals surface area (Å²) in [6, 6.07) is 12.4. The van der Waals surface area contributed by atoms with Gasteiger partial charge in [-0.3, -0.25) is 4.90 Å². The summed E-state index contributed by atoms with van der Waals surface area (Å²) >= 11 is 0. The number of nitrogens with zero attached hydrogens (tertiary/aromatic N) is 2. The van der Waals surface area contributed by atoms with Crippen molar-refractivity contribution in [1.82, 2.24) is 9.80 Å². The summed E-state index contributed by atoms with van der Waals surface area (Å²) in [5.74, 6) is 0.928. The van der Waals surface area contributed by atoms with Crippen molar-refractivity contribution in [3.8, 4) is 5.75 Å². The molecule has 0 aliphatic carbocycles. The predicted molar refractivity (Wildman–Crippen MR) is 124 cm³/mol. The molecular formula is C27H33F3N2O. The number of halogens is 3. The molecule has 2 fully saturated rings. The van der Waals surface area contributed by atoms with Gasteiger partial charge in [0.15, 0.2) is 0 Å². The Balaban J connectivity index is 1.37. The number of hydrogen-bond acceptors (Lipinski definition) is 3. The van der Waals surface area contributed by atoms with Gasteiger partial charge in [-0.15, -0.1) is 0 Å². The largest absolute Gasteiger partial charge is 0.493 e. The maximum atomic E-state index is 13.1. The molecule has 2 atom stereocenters. The summed E-state index contributed by atoms with van der Waals surface area (Å²) in [5, 5.41) is 0. The summed E-state index contributed by atoms with van der Waals surface area (Å²) in [5.41, 5.74) is 2.80. The molecular weight excluding hydrogens is 425 g/mol. The van der Waals surface area contributed by atoms with Crippen LogP contribution in [0.15, 0.2) is 42.5 Å². The third kappa shape index (κ3) is 4.92. The van der Waals surface area contributed by atoms with Gasteiger partial charge in [0, 0.05) is 30.6 Å². The highest BCUT2D eigenvalue weighted by atomic mass is 19.4. The van der Waals surface area contributed by atoms with E-state index < -0.39 is 11.7 Å². The Kier molecular flexibility index (Phi) is 6.66. The highest BCUT2D eigenvalue weighted by Crippen LogP contribution is 2.47. The summed E-state index contributed by atoms with van der Waals surface area (Å²) in [7, 11) is 0. The van der Waals surface area contributed by atoms with E-state index in [2.05, 4.69) is 21.9 Å². The van der Waals surface area contributed by atoms with Crippen molar-refractivity contribution in [2.75, 3.05) is 39.3 Å². The highest BCUT2D eigenvalue weighted by molar-refractivity contribution is 5.51. The van der Waals surface area contributed by atoms with Gasteiger partial charge in [-0.2, -0.15) is 13.2 Å². The van der Waals surface area contributed by atoms with Crippen LogP contribution < -0.4 is 4.74 Å². The first-order valence-electron chi connectivity index (χ1n) is 12.4. The molecule has 0 N–H and O–H groups in total. The minimum Gasteiger partial charge on any atom is -0.493 e. The van der Waals surface area contributed by atoms with E-state index in [1.165, 1.54) is 55.6 Å². The first kappa shape index (κ1) is 22.7. The SMILES string of the molecule is FC(F)(F)c1ccc(C2CN3CCCC3c3cccc(OCCCN4CCCCC4)c32)cc1. The van der Waals surface area contributed by atoms with Gasteiger partial charge in [0.05, 0.1) is 12.2 Å². The van der Waals surface area contributed by atoms with Crippen molar-refractivity contribution in [3.63, 3.8) is 0 Å². The summed E-state index contributed by atoms with van der Waals surface area (Å²) in [4.78, 5) is 5.01. The Labute approximate surface area is 194 Å². The Morgan fingerprint density at radius 3 is 2.45 bits per heavy atom. The second-order valence-corrected chi connectivity index (χ2v) is 9.69. The quantitative estimate of drug-likeness (QED) is 0.477. The first-order chi connectivity index (χ1) is 16.0. The van der Waals surface area contributed by atoms with Crippen molar-refractivity contribution in [3.05, 3.63) is 64.7 Å². The van der Waals surface area contributed by atoms with Gasteiger partial charge < -0.3 is 9.64 Å². The highest BCUT2D eigenvalue weighted by Gasteiger charge is 2.38. The van der Waals surface area contributed by atoms with E-state index in [9.17, 15) is 13.2 Å². The van der Waals surface area contributed by atoms with Crippen molar-refractivity contribution in [1.29, 1.82) is 0 Å². The molecule has 0 radical (unpaired) electrons. The molecule has 6 heteroatoms. The van der Waals surface area contributed by atoms with E-state index in [0.29, 0.717) is 12.6 Å². The van der Waals surface area contributed by atoms with Gasteiger partial charge >= 0.3 is 6.18 Å². The zero-order valence-electron chi connectivity index (χ0n) is 19.1. The van der Waals surface area contributed by atoms with E-state index in [1.807, 2.05) is 6.07 Å². The Bertz CT molecular complexity index is 937. The fourth-order valence-electron chi connectivity index (χ4n) is 5.90. The van der Waals surface area contributed by atoms with Crippen molar-refractivity contribution in [2.45, 2.75) is 56.7 Å². The normalized spacial score (nSPS) is 23.8. The number of benzene rings is 2. The average molecular weight is 459 g/mol. The number of likely N-dealkylation sites (tertiary alicyclic amines) is 1. The second-order valence-electron chi connectivity index (χ2n) is 9.69. The van der Waals surface area contributed by atoms with Crippen LogP contribution in [0, 0.1) is 0 Å². The number of piperidine rings is 1. The van der Waals surface area contributed by atoms with E-state index >= 15 is 0 Å². The smallest absolute Gasteiger partial charge is 0.416 e. The van der Waals surface area contributed by atoms with Crippen LogP contribution >= 0.6 is 0 Å². The van der Waals surface area contributed by atoms with Crippen LogP contribution in [0.3, 0.4) is 0 Å². The zero-order valence-corrected chi connectivity index (χ0v) is 19.1. The number of rotatable bonds is 6. The molecule has 2 saturated heterocycles. The summed E-state index contributed by atoms with van der Waals surface area (Å²) in [6.45, 7) is 5.98. The lowest BCUT2D eigenvalue weighted by Crippen LogP contribution is -2.35. The molecule has 178 valence electrons. The van der Waals surface area contributed by atoms with E-state index in [0.717, 1.165) is 50.2 Å². The molecule has 0 saturated carbocycles. The number of ether oxygens (including phenoxy) is 1. The Morgan fingerprint density at radius 1 is 0.909 bits per heavy atom. The fourth-order valence-corrected chi connectivity index (χ4v) is 5.90. The van der Waals surface area contributed by atoms with Gasteiger partial charge in [-0.05, 0) is 81.1 Å². The number of hydrogen-bond donors (Lipinski definition) is 0. The fraction of sp³-hybridized carbons (Fsp3) is 0.556. The molecule has 3 heterocycles. The Morgan fingerprint density at radius 2 is 1.70 bits per heavy atom. The van der Waals surface area contributed by atoms with Crippen LogP contribution in [-0.4, -0.2) is 49.1 Å². The molecule has 33 heavy (non-hydrogen) atoms. The molecule has 0 amide bonds. The third-order valence-corrected chi connectivity index (χ3v) is 7.55. The second kappa shape index (κ2) is 9.67. The topological polar surface area (TPSA) is 15.7 Å². The van der Waals surface area contributed by atoms with Crippen LogP contribution in [0.4, 0.5) is 13.2 Å². The Hall–Kier alpha value is -2.05. The average Bonchev–Trinajstić information content (AvgIpc) is 3.31. The number of fused-ring (bicyclic) bond motifs is 3. The maximum absolute atomic E-state index is 13.1. The molecule has 2 aromatic carbocycles. The molecule has 0 aromatic heterocycles. The maximum Gasteiger partial charge on any atom is 0.416 e. The zero-order chi connectivity index (χ0) is 22.8. The van der Waals surface area contributed by atoms with Crippen LogP contribution in [-0.2, 0) is 6.18 Å². The molecule has 2 unspecified atom stereocenters. The lowest BCUT2D eigenvalue weighted by Gasteiger charge is -2.38. The van der Waals surface area contributed by atoms with Gasteiger partial charge in [-0.25, -0.2) is 0 Å². The van der Waals surface area contributed by atoms with Crippen molar-refractivity contribution < 1.29 is 17.9 Å². The van der Waals surface area contributed by atoms with E-state index in [-0.39, 0.29) is 5.92 Å². The number of alkyl halides is 3. The molecule has 3 aliphatic heterocycles. The molecule has 5 rings (SSSR count). The van der Waals surface area contributed by atoms with Crippen LogP contribution in [0.1, 0.15) is 72.7 Å². The van der Waals surface area contributed by atoms with E-state index in [1.54, 1.807) is 12.1 Å². The van der Waals surface area contributed by atoms with Gasteiger partial charge in [0.1, 0.15) is 5.75 Å². The van der Waals surface area contributed by atoms with Gasteiger partial charge in [0.25, 0.3) is 0 Å². The van der Waals surface area contributed by atoms with Gasteiger partial charge in [-0.1, -0.05) is 30.7 Å². The lowest BCUT2D eigenvalue weighted by atomic mass is 9.81. The molecule has 0 spiro atoms. The van der Waals surface area contributed by atoms with Crippen LogP contribution in [0.2, 0.25) is 0 Å². The molecule has 3 aliphatic rings. The molecule has 2 aromatic rings. The molecule has 0 bridgehead atoms. The van der Waals surface area contributed by atoms with Crippen LogP contribution in [0.25, 0.3) is 0 Å². The van der Waals surface area contributed by atoms with Crippen molar-refractivity contribution >= 4 is 0 Å². The summed E-state index contributed by atoms with van der Waals surface area (Å²) < 4.78 is 45.7.